The first-order valence-corrected chi connectivity index (χ1v) is 10.6. The van der Waals surface area contributed by atoms with Crippen LogP contribution in [-0.2, 0) is 4.79 Å². The zero-order chi connectivity index (χ0) is 21.0. The number of rotatable bonds is 2. The van der Waals surface area contributed by atoms with Crippen LogP contribution < -0.4 is 5.32 Å². The molecule has 0 radical (unpaired) electrons. The number of carbonyl (C=O) groups is 1. The maximum Gasteiger partial charge on any atom is 0.143 e. The summed E-state index contributed by atoms with van der Waals surface area (Å²) in [7, 11) is 0. The average Bonchev–Trinajstić information content (AvgIpc) is 3.03. The standard InChI is InChI=1S/C26H27N3O/c1-16-10-12-19(13-11-16)29-25-22(17(2)28-29)23(18-8-6-5-7-9-18)24-20(27-25)14-26(3,4)15-21(24)30/h5-14,23-24,27H,15H2,1-4H3/t23-,24+/m1/s1. The van der Waals surface area contributed by atoms with E-state index in [0.29, 0.717) is 12.2 Å². The second-order valence-corrected chi connectivity index (χ2v) is 9.32. The number of fused-ring (bicyclic) bond motifs is 2. The third kappa shape index (κ3) is 2.98. The third-order valence-corrected chi connectivity index (χ3v) is 6.31. The Morgan fingerprint density at radius 2 is 1.70 bits per heavy atom. The van der Waals surface area contributed by atoms with Crippen LogP contribution >= 0.6 is 0 Å². The molecule has 0 amide bonds. The number of carbonyl (C=O) groups excluding carboxylic acids is 1. The Kier molecular flexibility index (Phi) is 4.21. The van der Waals surface area contributed by atoms with E-state index in [0.717, 1.165) is 34.0 Å². The van der Waals surface area contributed by atoms with Crippen LogP contribution in [0, 0.1) is 25.2 Å². The van der Waals surface area contributed by atoms with Gasteiger partial charge in [0.05, 0.1) is 17.3 Å². The molecule has 3 aromatic rings. The lowest BCUT2D eigenvalue weighted by molar-refractivity contribution is -0.124. The number of nitrogens with zero attached hydrogens (tertiary/aromatic N) is 2. The number of aryl methyl sites for hydroxylation is 2. The Morgan fingerprint density at radius 3 is 2.40 bits per heavy atom. The summed E-state index contributed by atoms with van der Waals surface area (Å²) in [5.74, 6) is 1.05. The normalized spacial score (nSPS) is 22.0. The predicted octanol–water partition coefficient (Wildman–Crippen LogP) is 5.55. The van der Waals surface area contributed by atoms with Crippen molar-refractivity contribution in [2.45, 2.75) is 40.0 Å². The van der Waals surface area contributed by atoms with Gasteiger partial charge in [-0.3, -0.25) is 4.79 Å². The van der Waals surface area contributed by atoms with Crippen LogP contribution in [0.15, 0.2) is 66.4 Å². The minimum absolute atomic E-state index is 0.0310. The molecule has 5 rings (SSSR count). The Balaban J connectivity index is 1.76. The lowest BCUT2D eigenvalue weighted by Gasteiger charge is -2.40. The number of benzene rings is 2. The Hall–Kier alpha value is -3.14. The lowest BCUT2D eigenvalue weighted by Crippen LogP contribution is -2.39. The molecular weight excluding hydrogens is 370 g/mol. The zero-order valence-corrected chi connectivity index (χ0v) is 17.9. The van der Waals surface area contributed by atoms with Crippen LogP contribution in [-0.4, -0.2) is 15.6 Å². The molecule has 1 aromatic heterocycles. The number of ketones is 1. The van der Waals surface area contributed by atoms with Gasteiger partial charge in [-0.1, -0.05) is 68.0 Å². The monoisotopic (exact) mass is 397 g/mol. The van der Waals surface area contributed by atoms with E-state index in [1.807, 2.05) is 17.7 Å². The van der Waals surface area contributed by atoms with Gasteiger partial charge in [0.15, 0.2) is 0 Å². The summed E-state index contributed by atoms with van der Waals surface area (Å²) < 4.78 is 1.99. The molecule has 2 heterocycles. The highest BCUT2D eigenvalue weighted by molar-refractivity contribution is 5.90. The van der Waals surface area contributed by atoms with Crippen molar-refractivity contribution in [3.8, 4) is 5.69 Å². The van der Waals surface area contributed by atoms with Crippen molar-refractivity contribution in [1.29, 1.82) is 0 Å². The Morgan fingerprint density at radius 1 is 1.00 bits per heavy atom. The van der Waals surface area contributed by atoms with E-state index in [1.54, 1.807) is 0 Å². The fourth-order valence-corrected chi connectivity index (χ4v) is 5.00. The van der Waals surface area contributed by atoms with Gasteiger partial charge < -0.3 is 5.32 Å². The fourth-order valence-electron chi connectivity index (χ4n) is 5.00. The van der Waals surface area contributed by atoms with Crippen molar-refractivity contribution in [2.75, 3.05) is 5.32 Å². The minimum Gasteiger partial charge on any atom is -0.343 e. The fraction of sp³-hybridized carbons (Fsp3) is 0.308. The second-order valence-electron chi connectivity index (χ2n) is 9.32. The van der Waals surface area contributed by atoms with Crippen LogP contribution in [0.25, 0.3) is 5.69 Å². The average molecular weight is 398 g/mol. The summed E-state index contributed by atoms with van der Waals surface area (Å²) >= 11 is 0. The molecule has 2 atom stereocenters. The quantitative estimate of drug-likeness (QED) is 0.617. The number of hydrogen-bond acceptors (Lipinski definition) is 3. The van der Waals surface area contributed by atoms with Crippen molar-refractivity contribution in [3.05, 3.63) is 88.8 Å². The molecule has 4 heteroatoms. The van der Waals surface area contributed by atoms with E-state index in [9.17, 15) is 4.79 Å². The van der Waals surface area contributed by atoms with Gasteiger partial charge in [0.25, 0.3) is 0 Å². The van der Waals surface area contributed by atoms with Gasteiger partial charge in [0.2, 0.25) is 0 Å². The molecule has 4 nitrogen and oxygen atoms in total. The number of Topliss-reactive ketones (excluding diaryl/α,β-unsaturated/α-hetero) is 1. The van der Waals surface area contributed by atoms with E-state index in [2.05, 4.69) is 80.7 Å². The topological polar surface area (TPSA) is 46.9 Å². The molecule has 1 aliphatic heterocycles. The van der Waals surface area contributed by atoms with Crippen LogP contribution in [0.4, 0.5) is 5.82 Å². The molecule has 0 spiro atoms. The van der Waals surface area contributed by atoms with Crippen molar-refractivity contribution in [1.82, 2.24) is 9.78 Å². The molecule has 2 aliphatic rings. The maximum atomic E-state index is 13.4. The number of nitrogens with one attached hydrogen (secondary N) is 1. The molecule has 0 saturated carbocycles. The highest BCUT2D eigenvalue weighted by Gasteiger charge is 2.45. The van der Waals surface area contributed by atoms with Gasteiger partial charge in [-0.15, -0.1) is 0 Å². The van der Waals surface area contributed by atoms with Gasteiger partial charge in [0.1, 0.15) is 11.6 Å². The first-order valence-electron chi connectivity index (χ1n) is 10.6. The maximum absolute atomic E-state index is 13.4. The van der Waals surface area contributed by atoms with E-state index in [1.165, 1.54) is 5.56 Å². The van der Waals surface area contributed by atoms with Crippen molar-refractivity contribution < 1.29 is 4.79 Å². The largest absolute Gasteiger partial charge is 0.343 e. The lowest BCUT2D eigenvalue weighted by atomic mass is 9.67. The number of anilines is 1. The van der Waals surface area contributed by atoms with Gasteiger partial charge in [-0.25, -0.2) is 4.68 Å². The molecule has 30 heavy (non-hydrogen) atoms. The smallest absolute Gasteiger partial charge is 0.143 e. The zero-order valence-electron chi connectivity index (χ0n) is 17.9. The summed E-state index contributed by atoms with van der Waals surface area (Å²) in [4.78, 5) is 13.4. The first kappa shape index (κ1) is 18.9. The second kappa shape index (κ2) is 6.69. The highest BCUT2D eigenvalue weighted by Crippen LogP contribution is 2.50. The summed E-state index contributed by atoms with van der Waals surface area (Å²) in [6.45, 7) is 8.40. The van der Waals surface area contributed by atoms with Crippen molar-refractivity contribution in [3.63, 3.8) is 0 Å². The van der Waals surface area contributed by atoms with Gasteiger partial charge >= 0.3 is 0 Å². The molecule has 0 unspecified atom stereocenters. The van der Waals surface area contributed by atoms with E-state index in [-0.39, 0.29) is 17.3 Å². The van der Waals surface area contributed by atoms with Crippen LogP contribution in [0.2, 0.25) is 0 Å². The molecule has 2 aromatic carbocycles. The third-order valence-electron chi connectivity index (χ3n) is 6.31. The number of hydrogen-bond donors (Lipinski definition) is 1. The van der Waals surface area contributed by atoms with E-state index in [4.69, 9.17) is 5.10 Å². The van der Waals surface area contributed by atoms with Crippen molar-refractivity contribution >= 4 is 11.6 Å². The Labute approximate surface area is 177 Å². The van der Waals surface area contributed by atoms with Crippen LogP contribution in [0.3, 0.4) is 0 Å². The van der Waals surface area contributed by atoms with E-state index >= 15 is 0 Å². The number of aromatic nitrogens is 2. The van der Waals surface area contributed by atoms with Gasteiger partial charge in [-0.05, 0) is 37.0 Å². The minimum atomic E-state index is -0.192. The Bertz CT molecular complexity index is 1150. The van der Waals surface area contributed by atoms with Crippen LogP contribution in [0.5, 0.6) is 0 Å². The first-order chi connectivity index (χ1) is 14.3. The summed E-state index contributed by atoms with van der Waals surface area (Å²) in [5.41, 5.74) is 6.33. The molecule has 0 bridgehead atoms. The molecule has 1 aliphatic carbocycles. The SMILES string of the molecule is Cc1ccc(-n2nc(C)c3c2NC2=CC(C)(C)CC(=O)[C@H]2[C@@H]3c2ccccc2)cc1. The van der Waals surface area contributed by atoms with Crippen LogP contribution in [0.1, 0.15) is 48.6 Å². The molecule has 0 saturated heterocycles. The number of allylic oxidation sites excluding steroid dienone is 2. The molecule has 1 N–H and O–H groups in total. The highest BCUT2D eigenvalue weighted by atomic mass is 16.1. The summed E-state index contributed by atoms with van der Waals surface area (Å²) in [5, 5.41) is 8.53. The van der Waals surface area contributed by atoms with Gasteiger partial charge in [0, 0.05) is 23.6 Å². The molecule has 0 fully saturated rings. The predicted molar refractivity (Wildman–Crippen MR) is 120 cm³/mol. The van der Waals surface area contributed by atoms with Crippen molar-refractivity contribution in [2.24, 2.45) is 11.3 Å². The molecule has 152 valence electrons. The summed E-state index contributed by atoms with van der Waals surface area (Å²) in [6, 6.07) is 18.8. The molecular formula is C26H27N3O. The van der Waals surface area contributed by atoms with Gasteiger partial charge in [-0.2, -0.15) is 5.10 Å². The summed E-state index contributed by atoms with van der Waals surface area (Å²) in [6.07, 6.45) is 2.81. The van der Waals surface area contributed by atoms with E-state index < -0.39 is 0 Å².